The SMILES string of the molecule is CC(O)C(N)CNc1ccc([N+](=O)[O-])cc1Br. The zero-order valence-corrected chi connectivity index (χ0v) is 10.8. The maximum absolute atomic E-state index is 10.5. The number of non-ortho nitro benzene ring substituents is 1. The molecule has 0 amide bonds. The number of anilines is 1. The topological polar surface area (TPSA) is 101 Å². The molecule has 0 saturated heterocycles. The highest BCUT2D eigenvalue weighted by Gasteiger charge is 2.12. The molecule has 0 aromatic heterocycles. The number of nitrogens with one attached hydrogen (secondary N) is 1. The molecule has 0 fully saturated rings. The molecule has 2 unspecified atom stereocenters. The third-order valence-corrected chi connectivity index (χ3v) is 2.97. The van der Waals surface area contributed by atoms with Gasteiger partial charge in [0.05, 0.1) is 11.0 Å². The molecule has 4 N–H and O–H groups in total. The average molecular weight is 304 g/mol. The number of nitrogens with two attached hydrogens (primary N) is 1. The van der Waals surface area contributed by atoms with Gasteiger partial charge in [0.1, 0.15) is 0 Å². The van der Waals surface area contributed by atoms with Crippen molar-refractivity contribution >= 4 is 27.3 Å². The number of halogens is 1. The summed E-state index contributed by atoms with van der Waals surface area (Å²) in [5.41, 5.74) is 6.37. The largest absolute Gasteiger partial charge is 0.392 e. The predicted octanol–water partition coefficient (Wildman–Crippen LogP) is 1.48. The van der Waals surface area contributed by atoms with Gasteiger partial charge in [-0.25, -0.2) is 0 Å². The number of nitro groups is 1. The second-order valence-electron chi connectivity index (χ2n) is 3.71. The first-order valence-corrected chi connectivity index (χ1v) is 5.82. The van der Waals surface area contributed by atoms with E-state index in [2.05, 4.69) is 21.2 Å². The first-order valence-electron chi connectivity index (χ1n) is 5.03. The quantitative estimate of drug-likeness (QED) is 0.565. The Morgan fingerprint density at radius 1 is 1.65 bits per heavy atom. The van der Waals surface area contributed by atoms with Crippen molar-refractivity contribution in [3.05, 3.63) is 32.8 Å². The van der Waals surface area contributed by atoms with E-state index in [0.29, 0.717) is 16.7 Å². The zero-order chi connectivity index (χ0) is 13.0. The molecule has 0 heterocycles. The lowest BCUT2D eigenvalue weighted by Gasteiger charge is -2.16. The van der Waals surface area contributed by atoms with Gasteiger partial charge < -0.3 is 16.2 Å². The van der Waals surface area contributed by atoms with Crippen molar-refractivity contribution in [2.45, 2.75) is 19.1 Å². The highest BCUT2D eigenvalue weighted by atomic mass is 79.9. The summed E-state index contributed by atoms with van der Waals surface area (Å²) < 4.78 is 0.587. The van der Waals surface area contributed by atoms with Crippen LogP contribution in [0.15, 0.2) is 22.7 Å². The van der Waals surface area contributed by atoms with Crippen molar-refractivity contribution in [2.75, 3.05) is 11.9 Å². The van der Waals surface area contributed by atoms with Crippen LogP contribution in [0.3, 0.4) is 0 Å². The summed E-state index contributed by atoms with van der Waals surface area (Å²) in [7, 11) is 0. The molecule has 17 heavy (non-hydrogen) atoms. The Bertz CT molecular complexity index is 412. The highest BCUT2D eigenvalue weighted by molar-refractivity contribution is 9.10. The number of rotatable bonds is 5. The highest BCUT2D eigenvalue weighted by Crippen LogP contribution is 2.26. The van der Waals surface area contributed by atoms with Crippen LogP contribution in [0.2, 0.25) is 0 Å². The molecule has 0 bridgehead atoms. The average Bonchev–Trinajstić information content (AvgIpc) is 2.26. The van der Waals surface area contributed by atoms with Gasteiger partial charge in [0.15, 0.2) is 0 Å². The molecule has 1 aromatic carbocycles. The van der Waals surface area contributed by atoms with E-state index in [0.717, 1.165) is 0 Å². The summed E-state index contributed by atoms with van der Waals surface area (Å²) in [5, 5.41) is 22.8. The minimum Gasteiger partial charge on any atom is -0.392 e. The van der Waals surface area contributed by atoms with Crippen molar-refractivity contribution in [3.8, 4) is 0 Å². The Labute approximate surface area is 107 Å². The Morgan fingerprint density at radius 2 is 2.29 bits per heavy atom. The van der Waals surface area contributed by atoms with Crippen molar-refractivity contribution in [3.63, 3.8) is 0 Å². The van der Waals surface area contributed by atoms with Crippen molar-refractivity contribution in [1.82, 2.24) is 0 Å². The molecule has 0 aliphatic rings. The third kappa shape index (κ3) is 3.95. The van der Waals surface area contributed by atoms with Gasteiger partial charge in [-0.15, -0.1) is 0 Å². The molecule has 0 spiro atoms. The van der Waals surface area contributed by atoms with Crippen molar-refractivity contribution < 1.29 is 10.0 Å². The number of aliphatic hydroxyl groups is 1. The van der Waals surface area contributed by atoms with Crippen LogP contribution < -0.4 is 11.1 Å². The lowest BCUT2D eigenvalue weighted by atomic mass is 10.2. The second-order valence-corrected chi connectivity index (χ2v) is 4.56. The number of nitrogens with zero attached hydrogens (tertiary/aromatic N) is 1. The van der Waals surface area contributed by atoms with Gasteiger partial charge in [-0.2, -0.15) is 0 Å². The minimum atomic E-state index is -0.612. The normalized spacial score (nSPS) is 14.1. The fraction of sp³-hybridized carbons (Fsp3) is 0.400. The molecule has 1 rings (SSSR count). The molecule has 0 aliphatic carbocycles. The minimum absolute atomic E-state index is 0.0160. The molecule has 1 aromatic rings. The van der Waals surface area contributed by atoms with E-state index in [1.54, 1.807) is 13.0 Å². The van der Waals surface area contributed by atoms with E-state index >= 15 is 0 Å². The fourth-order valence-electron chi connectivity index (χ4n) is 1.16. The van der Waals surface area contributed by atoms with Gasteiger partial charge in [0.2, 0.25) is 0 Å². The van der Waals surface area contributed by atoms with Crippen LogP contribution in [-0.4, -0.2) is 28.7 Å². The lowest BCUT2D eigenvalue weighted by molar-refractivity contribution is -0.384. The number of aliphatic hydroxyl groups excluding tert-OH is 1. The van der Waals surface area contributed by atoms with Gasteiger partial charge >= 0.3 is 0 Å². The van der Waals surface area contributed by atoms with Crippen LogP contribution >= 0.6 is 15.9 Å². The van der Waals surface area contributed by atoms with E-state index in [-0.39, 0.29) is 5.69 Å². The number of hydrogen-bond donors (Lipinski definition) is 3. The third-order valence-electron chi connectivity index (χ3n) is 2.31. The maximum Gasteiger partial charge on any atom is 0.270 e. The van der Waals surface area contributed by atoms with Crippen LogP contribution in [0, 0.1) is 10.1 Å². The fourth-order valence-corrected chi connectivity index (χ4v) is 1.67. The van der Waals surface area contributed by atoms with Crippen LogP contribution in [0.25, 0.3) is 0 Å². The standard InChI is InChI=1S/C10H14BrN3O3/c1-6(15)9(12)5-13-10-3-2-7(14(16)17)4-8(10)11/h2-4,6,9,13,15H,5,12H2,1H3. The Hall–Kier alpha value is -1.18. The van der Waals surface area contributed by atoms with E-state index in [1.807, 2.05) is 0 Å². The van der Waals surface area contributed by atoms with Gasteiger partial charge in [-0.1, -0.05) is 0 Å². The van der Waals surface area contributed by atoms with E-state index in [1.165, 1.54) is 12.1 Å². The van der Waals surface area contributed by atoms with Crippen molar-refractivity contribution in [2.24, 2.45) is 5.73 Å². The van der Waals surface area contributed by atoms with Crippen LogP contribution in [0.5, 0.6) is 0 Å². The molecule has 0 radical (unpaired) electrons. The summed E-state index contributed by atoms with van der Waals surface area (Å²) in [6.07, 6.45) is -0.612. The lowest BCUT2D eigenvalue weighted by Crippen LogP contribution is -2.38. The molecular weight excluding hydrogens is 290 g/mol. The Kier molecular flexibility index (Phi) is 4.86. The summed E-state index contributed by atoms with van der Waals surface area (Å²) >= 11 is 3.23. The van der Waals surface area contributed by atoms with E-state index in [9.17, 15) is 15.2 Å². The van der Waals surface area contributed by atoms with Crippen LogP contribution in [-0.2, 0) is 0 Å². The number of benzene rings is 1. The summed E-state index contributed by atoms with van der Waals surface area (Å²) in [6, 6.07) is 4.02. The summed E-state index contributed by atoms with van der Waals surface area (Å²) in [4.78, 5) is 10.1. The van der Waals surface area contributed by atoms with Gasteiger partial charge in [-0.05, 0) is 28.9 Å². The zero-order valence-electron chi connectivity index (χ0n) is 9.26. The van der Waals surface area contributed by atoms with Crippen molar-refractivity contribution in [1.29, 1.82) is 0 Å². The molecule has 7 heteroatoms. The number of hydrogen-bond acceptors (Lipinski definition) is 5. The predicted molar refractivity (Wildman–Crippen MR) is 68.9 cm³/mol. The second kappa shape index (κ2) is 5.95. The summed E-state index contributed by atoms with van der Waals surface area (Å²) in [6.45, 7) is 1.99. The van der Waals surface area contributed by atoms with Gasteiger partial charge in [0, 0.05) is 34.9 Å². The van der Waals surface area contributed by atoms with Crippen LogP contribution in [0.1, 0.15) is 6.92 Å². The molecule has 2 atom stereocenters. The summed E-state index contributed by atoms with van der Waals surface area (Å²) in [5.74, 6) is 0. The van der Waals surface area contributed by atoms with E-state index in [4.69, 9.17) is 5.73 Å². The first kappa shape index (κ1) is 13.9. The molecule has 6 nitrogen and oxygen atoms in total. The Balaban J connectivity index is 2.70. The Morgan fingerprint density at radius 3 is 2.76 bits per heavy atom. The maximum atomic E-state index is 10.5. The van der Waals surface area contributed by atoms with E-state index < -0.39 is 17.1 Å². The molecule has 0 saturated carbocycles. The molecule has 0 aliphatic heterocycles. The smallest absolute Gasteiger partial charge is 0.270 e. The van der Waals surface area contributed by atoms with Crippen LogP contribution in [0.4, 0.5) is 11.4 Å². The number of nitro benzene ring substituents is 1. The molecule has 94 valence electrons. The van der Waals surface area contributed by atoms with Gasteiger partial charge in [0.25, 0.3) is 5.69 Å². The van der Waals surface area contributed by atoms with Gasteiger partial charge in [-0.3, -0.25) is 10.1 Å². The monoisotopic (exact) mass is 303 g/mol. The molecular formula is C10H14BrN3O3. The first-order chi connectivity index (χ1) is 7.91.